The van der Waals surface area contributed by atoms with Crippen LogP contribution in [0.5, 0.6) is 0 Å². The number of carbonyl (C=O) groups excluding carboxylic acids is 1. The van der Waals surface area contributed by atoms with Crippen molar-refractivity contribution < 1.29 is 24.1 Å². The van der Waals surface area contributed by atoms with E-state index in [0.29, 0.717) is 12.8 Å². The third-order valence-electron chi connectivity index (χ3n) is 4.68. The van der Waals surface area contributed by atoms with Crippen molar-refractivity contribution >= 4 is 5.97 Å². The first-order valence-corrected chi connectivity index (χ1v) is 8.74. The van der Waals surface area contributed by atoms with Gasteiger partial charge in [-0.05, 0) is 32.6 Å². The highest BCUT2D eigenvalue weighted by molar-refractivity contribution is 5.70. The third-order valence-corrected chi connectivity index (χ3v) is 4.68. The van der Waals surface area contributed by atoms with Crippen LogP contribution in [0.15, 0.2) is 11.6 Å². The molecule has 0 aromatic heterocycles. The molecule has 132 valence electrons. The Kier molecular flexibility index (Phi) is 7.06. The van der Waals surface area contributed by atoms with Crippen molar-refractivity contribution in [1.82, 2.24) is 0 Å². The molecule has 1 saturated heterocycles. The molecule has 2 rings (SSSR count). The Morgan fingerprint density at radius 3 is 2.83 bits per heavy atom. The third kappa shape index (κ3) is 5.59. The minimum absolute atomic E-state index is 0.0417. The van der Waals surface area contributed by atoms with Gasteiger partial charge in [-0.3, -0.25) is 4.79 Å². The number of aliphatic hydroxyl groups excluding tert-OH is 1. The molecule has 5 atom stereocenters. The van der Waals surface area contributed by atoms with Crippen molar-refractivity contribution in [2.75, 3.05) is 7.11 Å². The number of rotatable bonds is 3. The first-order chi connectivity index (χ1) is 11.0. The Morgan fingerprint density at radius 1 is 1.35 bits per heavy atom. The van der Waals surface area contributed by atoms with Crippen LogP contribution in [0.2, 0.25) is 0 Å². The van der Waals surface area contributed by atoms with E-state index in [-0.39, 0.29) is 30.7 Å². The standard InChI is InChI=1S/C18H30O5/c1-4-5-13-10-15(21-3)9-12(2)8-14-6-7-16(19)17(22-14)11-18(20)23-13/h8,13-17,19H,4-7,9-11H2,1-3H3/b12-8-/t13-,14-,15+,16+,17-/m0/s1. The molecule has 0 aromatic rings. The van der Waals surface area contributed by atoms with Crippen molar-refractivity contribution in [2.45, 2.75) is 89.3 Å². The average Bonchev–Trinajstić information content (AvgIpc) is 2.49. The predicted octanol–water partition coefficient (Wildman–Crippen LogP) is 2.75. The van der Waals surface area contributed by atoms with Gasteiger partial charge in [0.25, 0.3) is 0 Å². The lowest BCUT2D eigenvalue weighted by atomic mass is 9.95. The van der Waals surface area contributed by atoms with Crippen LogP contribution in [-0.2, 0) is 19.0 Å². The molecule has 23 heavy (non-hydrogen) atoms. The smallest absolute Gasteiger partial charge is 0.308 e. The Hall–Kier alpha value is -0.910. The molecule has 2 aliphatic heterocycles. The van der Waals surface area contributed by atoms with Crippen LogP contribution in [0.1, 0.15) is 58.8 Å². The van der Waals surface area contributed by atoms with E-state index < -0.39 is 12.2 Å². The van der Waals surface area contributed by atoms with Crippen molar-refractivity contribution in [3.63, 3.8) is 0 Å². The lowest BCUT2D eigenvalue weighted by Gasteiger charge is -2.34. The van der Waals surface area contributed by atoms with Gasteiger partial charge in [0, 0.05) is 13.5 Å². The molecular weight excluding hydrogens is 296 g/mol. The number of ether oxygens (including phenoxy) is 3. The van der Waals surface area contributed by atoms with Gasteiger partial charge in [0.1, 0.15) is 6.10 Å². The van der Waals surface area contributed by atoms with E-state index >= 15 is 0 Å². The summed E-state index contributed by atoms with van der Waals surface area (Å²) < 4.78 is 17.1. The second-order valence-corrected chi connectivity index (χ2v) is 6.77. The van der Waals surface area contributed by atoms with Crippen LogP contribution in [0, 0.1) is 0 Å². The maximum absolute atomic E-state index is 12.2. The zero-order chi connectivity index (χ0) is 16.8. The number of fused-ring (bicyclic) bond motifs is 2. The summed E-state index contributed by atoms with van der Waals surface area (Å²) in [6.45, 7) is 4.16. The minimum atomic E-state index is -0.591. The van der Waals surface area contributed by atoms with E-state index in [4.69, 9.17) is 14.2 Å². The molecule has 0 spiro atoms. The van der Waals surface area contributed by atoms with Gasteiger partial charge in [0.05, 0.1) is 30.8 Å². The number of cyclic esters (lactones) is 1. The molecule has 5 nitrogen and oxygen atoms in total. The van der Waals surface area contributed by atoms with Gasteiger partial charge < -0.3 is 19.3 Å². The highest BCUT2D eigenvalue weighted by Crippen LogP contribution is 2.27. The van der Waals surface area contributed by atoms with Crippen molar-refractivity contribution in [1.29, 1.82) is 0 Å². The van der Waals surface area contributed by atoms with Crippen LogP contribution in [0.25, 0.3) is 0 Å². The summed E-state index contributed by atoms with van der Waals surface area (Å²) in [6.07, 6.45) is 5.76. The van der Waals surface area contributed by atoms with Crippen molar-refractivity contribution in [3.05, 3.63) is 11.6 Å². The number of hydrogen-bond donors (Lipinski definition) is 1. The van der Waals surface area contributed by atoms with Gasteiger partial charge in [0.15, 0.2) is 0 Å². The maximum atomic E-state index is 12.2. The Balaban J connectivity index is 2.17. The molecule has 0 aliphatic carbocycles. The molecule has 2 heterocycles. The fourth-order valence-corrected chi connectivity index (χ4v) is 3.46. The summed E-state index contributed by atoms with van der Waals surface area (Å²) in [6, 6.07) is 0. The van der Waals surface area contributed by atoms with E-state index in [1.165, 1.54) is 5.57 Å². The molecule has 1 N–H and O–H groups in total. The summed E-state index contributed by atoms with van der Waals surface area (Å²) in [7, 11) is 1.71. The zero-order valence-corrected chi connectivity index (χ0v) is 14.5. The lowest BCUT2D eigenvalue weighted by Crippen LogP contribution is -2.40. The van der Waals surface area contributed by atoms with Gasteiger partial charge in [-0.15, -0.1) is 0 Å². The average molecular weight is 326 g/mol. The maximum Gasteiger partial charge on any atom is 0.308 e. The molecular formula is C18H30O5. The molecule has 0 radical (unpaired) electrons. The van der Waals surface area contributed by atoms with E-state index in [1.54, 1.807) is 7.11 Å². The number of esters is 1. The monoisotopic (exact) mass is 326 g/mol. The second kappa shape index (κ2) is 8.81. The van der Waals surface area contributed by atoms with Gasteiger partial charge in [-0.25, -0.2) is 0 Å². The van der Waals surface area contributed by atoms with E-state index in [9.17, 15) is 9.90 Å². The molecule has 0 unspecified atom stereocenters. The highest BCUT2D eigenvalue weighted by Gasteiger charge is 2.32. The first kappa shape index (κ1) is 18.4. The Morgan fingerprint density at radius 2 is 2.13 bits per heavy atom. The minimum Gasteiger partial charge on any atom is -0.462 e. The molecule has 2 bridgehead atoms. The molecule has 0 aromatic carbocycles. The Bertz CT molecular complexity index is 420. The Labute approximate surface area is 139 Å². The van der Waals surface area contributed by atoms with E-state index in [1.807, 2.05) is 0 Å². The van der Waals surface area contributed by atoms with Gasteiger partial charge >= 0.3 is 5.97 Å². The van der Waals surface area contributed by atoms with Crippen LogP contribution < -0.4 is 0 Å². The van der Waals surface area contributed by atoms with Gasteiger partial charge in [-0.2, -0.15) is 0 Å². The largest absolute Gasteiger partial charge is 0.462 e. The SMILES string of the molecule is CCC[C@H]1C[C@H](OC)C/C(C)=C\[C@@H]2CC[C@@H](O)[C@H](CC(=O)O1)O2. The van der Waals surface area contributed by atoms with Crippen molar-refractivity contribution in [2.24, 2.45) is 0 Å². The number of carbonyl (C=O) groups is 1. The predicted molar refractivity (Wildman–Crippen MR) is 87.1 cm³/mol. The number of hydrogen-bond acceptors (Lipinski definition) is 5. The summed E-state index contributed by atoms with van der Waals surface area (Å²) in [5.74, 6) is -0.288. The van der Waals surface area contributed by atoms with Crippen LogP contribution in [0.4, 0.5) is 0 Å². The summed E-state index contributed by atoms with van der Waals surface area (Å²) in [5, 5.41) is 10.1. The fraction of sp³-hybridized carbons (Fsp3) is 0.833. The van der Waals surface area contributed by atoms with Crippen LogP contribution >= 0.6 is 0 Å². The summed E-state index contributed by atoms with van der Waals surface area (Å²) in [5.41, 5.74) is 1.22. The molecule has 5 heteroatoms. The van der Waals surface area contributed by atoms with Gasteiger partial charge in [-0.1, -0.05) is 25.0 Å². The zero-order valence-electron chi connectivity index (χ0n) is 14.5. The molecule has 2 aliphatic rings. The fourth-order valence-electron chi connectivity index (χ4n) is 3.46. The molecule has 0 saturated carbocycles. The first-order valence-electron chi connectivity index (χ1n) is 8.74. The summed E-state index contributed by atoms with van der Waals surface area (Å²) >= 11 is 0. The normalized spacial score (nSPS) is 38.7. The van der Waals surface area contributed by atoms with Crippen LogP contribution in [0.3, 0.4) is 0 Å². The van der Waals surface area contributed by atoms with E-state index in [0.717, 1.165) is 25.7 Å². The molecule has 0 amide bonds. The van der Waals surface area contributed by atoms with Crippen molar-refractivity contribution in [3.8, 4) is 0 Å². The number of aliphatic hydroxyl groups is 1. The lowest BCUT2D eigenvalue weighted by molar-refractivity contribution is -0.162. The highest BCUT2D eigenvalue weighted by atomic mass is 16.6. The van der Waals surface area contributed by atoms with E-state index in [2.05, 4.69) is 19.9 Å². The van der Waals surface area contributed by atoms with Crippen LogP contribution in [-0.4, -0.2) is 48.7 Å². The van der Waals surface area contributed by atoms with Gasteiger partial charge in [0.2, 0.25) is 0 Å². The summed E-state index contributed by atoms with van der Waals surface area (Å²) in [4.78, 5) is 12.2. The second-order valence-electron chi connectivity index (χ2n) is 6.77. The quantitative estimate of drug-likeness (QED) is 0.638. The molecule has 1 fully saturated rings. The number of methoxy groups -OCH3 is 1. The topological polar surface area (TPSA) is 65.0 Å².